The summed E-state index contributed by atoms with van der Waals surface area (Å²) in [7, 11) is 0. The number of aromatic nitrogens is 6. The van der Waals surface area contributed by atoms with Gasteiger partial charge in [-0.2, -0.15) is 9.61 Å². The van der Waals surface area contributed by atoms with Crippen LogP contribution in [0.5, 0.6) is 0 Å². The van der Waals surface area contributed by atoms with E-state index in [1.54, 1.807) is 15.5 Å². The molecule has 3 aromatic rings. The lowest BCUT2D eigenvalue weighted by Crippen LogP contribution is -2.46. The number of ether oxygens (including phenoxy) is 3. The molecule has 3 aliphatic heterocycles. The lowest BCUT2D eigenvalue weighted by Gasteiger charge is -2.41. The molecule has 3 aromatic heterocycles. The Kier molecular flexibility index (Phi) is 7.58. The van der Waals surface area contributed by atoms with E-state index in [0.29, 0.717) is 54.7 Å². The van der Waals surface area contributed by atoms with Gasteiger partial charge in [0.1, 0.15) is 17.1 Å². The minimum atomic E-state index is -1.22. The molecule has 1 N–H and O–H groups in total. The number of piperidine rings is 1. The Morgan fingerprint density at radius 2 is 1.93 bits per heavy atom. The van der Waals surface area contributed by atoms with Gasteiger partial charge in [-0.15, -0.1) is 5.10 Å². The van der Waals surface area contributed by atoms with Crippen LogP contribution in [-0.4, -0.2) is 71.6 Å². The van der Waals surface area contributed by atoms with Crippen molar-refractivity contribution in [2.75, 3.05) is 24.6 Å². The Bertz CT molecular complexity index is 1440. The Morgan fingerprint density at radius 1 is 1.20 bits per heavy atom. The predicted octanol–water partition coefficient (Wildman–Crippen LogP) is 4.16. The third-order valence-electron chi connectivity index (χ3n) is 7.61. The fourth-order valence-corrected chi connectivity index (χ4v) is 5.31. The van der Waals surface area contributed by atoms with Crippen molar-refractivity contribution >= 4 is 17.4 Å². The maximum atomic E-state index is 12.6. The first-order valence-electron chi connectivity index (χ1n) is 14.2. The van der Waals surface area contributed by atoms with Gasteiger partial charge < -0.3 is 24.2 Å². The molecule has 0 saturated carbocycles. The zero-order valence-electron chi connectivity index (χ0n) is 25.0. The zero-order chi connectivity index (χ0) is 29.6. The summed E-state index contributed by atoms with van der Waals surface area (Å²) in [5.41, 5.74) is 1.49. The maximum Gasteiger partial charge on any atom is 0.337 e. The van der Waals surface area contributed by atoms with Crippen molar-refractivity contribution in [2.45, 2.75) is 97.2 Å². The summed E-state index contributed by atoms with van der Waals surface area (Å²) in [5.74, 6) is -0.381. The molecule has 0 spiro atoms. The highest BCUT2D eigenvalue weighted by Crippen LogP contribution is 2.38. The molecular formula is C29H41N7O5. The van der Waals surface area contributed by atoms with Crippen molar-refractivity contribution in [1.29, 1.82) is 0 Å². The van der Waals surface area contributed by atoms with Gasteiger partial charge in [-0.25, -0.2) is 14.5 Å². The van der Waals surface area contributed by atoms with E-state index < -0.39 is 23.3 Å². The first-order valence-corrected chi connectivity index (χ1v) is 14.2. The van der Waals surface area contributed by atoms with E-state index in [1.807, 2.05) is 59.9 Å². The monoisotopic (exact) mass is 567 g/mol. The number of carbonyl (C=O) groups is 1. The molecule has 0 aliphatic carbocycles. The van der Waals surface area contributed by atoms with Crippen LogP contribution < -0.4 is 4.90 Å². The van der Waals surface area contributed by atoms with E-state index >= 15 is 0 Å². The number of rotatable bonds is 3. The van der Waals surface area contributed by atoms with Crippen LogP contribution in [0.4, 0.5) is 5.82 Å². The van der Waals surface area contributed by atoms with Crippen molar-refractivity contribution in [3.63, 3.8) is 0 Å². The van der Waals surface area contributed by atoms with Crippen LogP contribution in [-0.2, 0) is 31.2 Å². The fraction of sp³-hybridized carbons (Fsp3) is 0.621. The van der Waals surface area contributed by atoms with Crippen molar-refractivity contribution in [3.8, 4) is 0 Å². The first-order chi connectivity index (χ1) is 19.2. The van der Waals surface area contributed by atoms with Crippen molar-refractivity contribution in [2.24, 2.45) is 0 Å². The molecule has 0 radical (unpaired) electrons. The zero-order valence-corrected chi connectivity index (χ0v) is 25.0. The number of carboxylic acids is 1. The Labute approximate surface area is 240 Å². The molecule has 1 fully saturated rings. The molecule has 6 heterocycles. The van der Waals surface area contributed by atoms with E-state index in [0.717, 1.165) is 25.0 Å². The summed E-state index contributed by atoms with van der Waals surface area (Å²) in [6.07, 6.45) is 6.58. The predicted molar refractivity (Wildman–Crippen MR) is 152 cm³/mol. The van der Waals surface area contributed by atoms with Gasteiger partial charge in [0.25, 0.3) is 0 Å². The average Bonchev–Trinajstić information content (AvgIpc) is 3.51. The Morgan fingerprint density at radius 3 is 2.61 bits per heavy atom. The molecule has 12 nitrogen and oxygen atoms in total. The lowest BCUT2D eigenvalue weighted by atomic mass is 9.92. The molecule has 222 valence electrons. The van der Waals surface area contributed by atoms with Gasteiger partial charge in [0.2, 0.25) is 0 Å². The number of carboxylic acid groups (broad SMARTS) is 1. The molecule has 6 bridgehead atoms. The highest BCUT2D eigenvalue weighted by molar-refractivity contribution is 5.78. The molecule has 1 atom stereocenters. The van der Waals surface area contributed by atoms with E-state index in [4.69, 9.17) is 24.3 Å². The molecule has 3 aliphatic rings. The number of anilines is 1. The van der Waals surface area contributed by atoms with Gasteiger partial charge in [0.15, 0.2) is 11.8 Å². The van der Waals surface area contributed by atoms with Gasteiger partial charge in [0.05, 0.1) is 48.1 Å². The topological polar surface area (TPSA) is 129 Å². The van der Waals surface area contributed by atoms with Crippen LogP contribution in [0.1, 0.15) is 89.6 Å². The smallest absolute Gasteiger partial charge is 0.337 e. The molecule has 41 heavy (non-hydrogen) atoms. The summed E-state index contributed by atoms with van der Waals surface area (Å²) in [5, 5.41) is 23.9. The fourth-order valence-electron chi connectivity index (χ4n) is 5.31. The molecule has 1 saturated heterocycles. The molecule has 0 amide bonds. The molecular weight excluding hydrogens is 526 g/mol. The van der Waals surface area contributed by atoms with Crippen LogP contribution >= 0.6 is 0 Å². The molecule has 6 rings (SSSR count). The summed E-state index contributed by atoms with van der Waals surface area (Å²) >= 11 is 0. The number of fused-ring (bicyclic) bond motifs is 7. The third kappa shape index (κ3) is 6.23. The average molecular weight is 568 g/mol. The largest absolute Gasteiger partial charge is 0.489 e. The second-order valence-corrected chi connectivity index (χ2v) is 12.7. The van der Waals surface area contributed by atoms with E-state index in [2.05, 4.69) is 22.1 Å². The standard InChI is InChI=1S/C29H41N7O5/c1-19-23(24(26(37)38)41-27(2,3)4)25-34-12-10-29(7,11-13-34)40-15-9-8-14-39-28(5,6)21-18-35(33-31-21)17-20-16-22(30-19)36(25)32-20/h8,14,16,18,24H,9-13,15,17H2,1-7H3,(H,37,38)/b14-8-/t24-/m0/s1. The Hall–Kier alpha value is -3.51. The van der Waals surface area contributed by atoms with E-state index in [1.165, 1.54) is 0 Å². The molecule has 0 unspecified atom stereocenters. The van der Waals surface area contributed by atoms with Crippen LogP contribution in [0.3, 0.4) is 0 Å². The van der Waals surface area contributed by atoms with Gasteiger partial charge in [0, 0.05) is 24.8 Å². The first kappa shape index (κ1) is 29.0. The van der Waals surface area contributed by atoms with Gasteiger partial charge in [-0.05, 0) is 73.8 Å². The highest BCUT2D eigenvalue weighted by Gasteiger charge is 2.38. The van der Waals surface area contributed by atoms with Crippen LogP contribution in [0.15, 0.2) is 24.6 Å². The van der Waals surface area contributed by atoms with Crippen molar-refractivity contribution in [3.05, 3.63) is 47.2 Å². The van der Waals surface area contributed by atoms with E-state index in [-0.39, 0.29) is 5.60 Å². The second-order valence-electron chi connectivity index (χ2n) is 12.7. The SMILES string of the molecule is Cc1nc2cc3nn2c(c1[C@H](OC(C)(C)C)C(=O)O)N1CCC(C)(CC1)OCC/C=C\OC(C)(C)c1cn(nn1)C3. The summed E-state index contributed by atoms with van der Waals surface area (Å²) < 4.78 is 22.0. The molecule has 0 aromatic carbocycles. The summed E-state index contributed by atoms with van der Waals surface area (Å²) in [4.78, 5) is 19.6. The number of nitrogens with zero attached hydrogens (tertiary/aromatic N) is 7. The highest BCUT2D eigenvalue weighted by atomic mass is 16.5. The van der Waals surface area contributed by atoms with Crippen molar-refractivity contribution < 1.29 is 24.1 Å². The lowest BCUT2D eigenvalue weighted by molar-refractivity contribution is -0.160. The van der Waals surface area contributed by atoms with Crippen LogP contribution in [0.25, 0.3) is 5.65 Å². The normalized spacial score (nSPS) is 20.7. The summed E-state index contributed by atoms with van der Waals surface area (Å²) in [6, 6.07) is 1.90. The van der Waals surface area contributed by atoms with Gasteiger partial charge >= 0.3 is 5.97 Å². The third-order valence-corrected chi connectivity index (χ3v) is 7.61. The van der Waals surface area contributed by atoms with Gasteiger partial charge in [-0.3, -0.25) is 0 Å². The minimum Gasteiger partial charge on any atom is -0.489 e. The quantitative estimate of drug-likeness (QED) is 0.492. The number of hydrogen-bond acceptors (Lipinski definition) is 9. The molecule has 12 heteroatoms. The second kappa shape index (κ2) is 10.7. The summed E-state index contributed by atoms with van der Waals surface area (Å²) in [6.45, 7) is 15.7. The van der Waals surface area contributed by atoms with Crippen molar-refractivity contribution in [1.82, 2.24) is 29.6 Å². The van der Waals surface area contributed by atoms with E-state index in [9.17, 15) is 9.90 Å². The minimum absolute atomic E-state index is 0.296. The number of aliphatic carboxylic acids is 1. The van der Waals surface area contributed by atoms with Crippen LogP contribution in [0.2, 0.25) is 0 Å². The Balaban J connectivity index is 1.64. The number of aryl methyl sites for hydroxylation is 1. The van der Waals surface area contributed by atoms with Gasteiger partial charge in [-0.1, -0.05) is 5.21 Å². The maximum absolute atomic E-state index is 12.6. The van der Waals surface area contributed by atoms with Crippen LogP contribution in [0, 0.1) is 6.92 Å². The number of hydrogen-bond donors (Lipinski definition) is 1.